The van der Waals surface area contributed by atoms with Crippen LogP contribution in [0.5, 0.6) is 0 Å². The van der Waals surface area contributed by atoms with Crippen LogP contribution in [-0.2, 0) is 0 Å². The van der Waals surface area contributed by atoms with Crippen molar-refractivity contribution in [2.45, 2.75) is 0 Å². The number of tetrazole rings is 1. The molecule has 4 rings (SSSR count). The molecule has 102 valence electrons. The quantitative estimate of drug-likeness (QED) is 0.321. The first-order valence-electron chi connectivity index (χ1n) is 5.94. The number of fused-ring (bicyclic) bond motifs is 2. The molecule has 9 heteroatoms. The van der Waals surface area contributed by atoms with Gasteiger partial charge in [-0.1, -0.05) is 11.6 Å². The minimum absolute atomic E-state index is 0. The van der Waals surface area contributed by atoms with E-state index in [1.165, 1.54) is 0 Å². The van der Waals surface area contributed by atoms with Crippen LogP contribution in [0.4, 0.5) is 0 Å². The van der Waals surface area contributed by atoms with Crippen molar-refractivity contribution < 1.29 is 34.0 Å². The van der Waals surface area contributed by atoms with Gasteiger partial charge >= 0.3 is 29.6 Å². The zero-order valence-corrected chi connectivity index (χ0v) is 14.1. The summed E-state index contributed by atoms with van der Waals surface area (Å²) in [5.41, 5.74) is 0.866. The molecule has 3 aromatic heterocycles. The molecule has 0 aliphatic heterocycles. The summed E-state index contributed by atoms with van der Waals surface area (Å²) in [5, 5.41) is 15.3. The summed E-state index contributed by atoms with van der Waals surface area (Å²) in [6.07, 6.45) is 1.55. The maximum Gasteiger partial charge on any atom is 1.00 e. The fourth-order valence-electron chi connectivity index (χ4n) is 2.14. The second-order valence-electron chi connectivity index (χ2n) is 4.32. The molecule has 3 heterocycles. The predicted molar refractivity (Wildman–Crippen MR) is 74.9 cm³/mol. The molecule has 0 N–H and O–H groups in total. The first kappa shape index (κ1) is 15.1. The van der Waals surface area contributed by atoms with Crippen molar-refractivity contribution in [1.29, 1.82) is 0 Å². The van der Waals surface area contributed by atoms with Crippen LogP contribution in [0.25, 0.3) is 33.5 Å². The smallest absolute Gasteiger partial charge is 0.436 e. The Kier molecular flexibility index (Phi) is 3.96. The second kappa shape index (κ2) is 5.77. The van der Waals surface area contributed by atoms with E-state index in [2.05, 4.69) is 25.6 Å². The zero-order valence-electron chi connectivity index (χ0n) is 11.3. The molecule has 0 saturated carbocycles. The van der Waals surface area contributed by atoms with E-state index in [1.54, 1.807) is 30.5 Å². The molecular weight excluding hydrogens is 317 g/mol. The van der Waals surface area contributed by atoms with Gasteiger partial charge in [-0.15, -0.1) is 0 Å². The molecule has 0 radical (unpaired) electrons. The first-order valence-corrected chi connectivity index (χ1v) is 6.32. The van der Waals surface area contributed by atoms with Crippen molar-refractivity contribution in [2.24, 2.45) is 0 Å². The Morgan fingerprint density at radius 3 is 2.86 bits per heavy atom. The van der Waals surface area contributed by atoms with E-state index in [0.29, 0.717) is 22.2 Å². The third kappa shape index (κ3) is 2.32. The standard InChI is InChI=1S/C13H5ClN5O2.Na/c14-9-5-6(12-16-18-19-17-12)4-8-10(20)7-2-1-3-15-13(7)21-11(8)9;/h1-5H;/q-1;+1. The number of aromatic nitrogens is 5. The van der Waals surface area contributed by atoms with Crippen molar-refractivity contribution in [3.63, 3.8) is 0 Å². The van der Waals surface area contributed by atoms with Crippen LogP contribution in [0.1, 0.15) is 0 Å². The van der Waals surface area contributed by atoms with Crippen LogP contribution in [0.2, 0.25) is 5.02 Å². The number of pyridine rings is 1. The van der Waals surface area contributed by atoms with E-state index in [4.69, 9.17) is 16.0 Å². The van der Waals surface area contributed by atoms with Crippen LogP contribution >= 0.6 is 11.6 Å². The largest absolute Gasteiger partial charge is 1.00 e. The third-order valence-corrected chi connectivity index (χ3v) is 3.36. The van der Waals surface area contributed by atoms with Gasteiger partial charge in [0.2, 0.25) is 11.1 Å². The molecule has 0 fully saturated rings. The number of benzene rings is 1. The summed E-state index contributed by atoms with van der Waals surface area (Å²) in [4.78, 5) is 16.6. The van der Waals surface area contributed by atoms with Gasteiger partial charge in [0.15, 0.2) is 5.58 Å². The first-order chi connectivity index (χ1) is 10.2. The molecule has 0 spiro atoms. The Morgan fingerprint density at radius 1 is 1.23 bits per heavy atom. The number of hydrogen-bond donors (Lipinski definition) is 0. The fraction of sp³-hybridized carbons (Fsp3) is 0. The van der Waals surface area contributed by atoms with E-state index in [0.717, 1.165) is 0 Å². The molecule has 0 bridgehead atoms. The van der Waals surface area contributed by atoms with Crippen molar-refractivity contribution in [3.05, 3.63) is 45.7 Å². The molecule has 4 aromatic rings. The topological polar surface area (TPSA) is 95.9 Å². The fourth-order valence-corrected chi connectivity index (χ4v) is 2.40. The third-order valence-electron chi connectivity index (χ3n) is 3.08. The van der Waals surface area contributed by atoms with Crippen molar-refractivity contribution >= 4 is 33.7 Å². The van der Waals surface area contributed by atoms with E-state index in [-0.39, 0.29) is 51.3 Å². The minimum Gasteiger partial charge on any atom is -0.436 e. The summed E-state index contributed by atoms with van der Waals surface area (Å²) < 4.78 is 5.62. The predicted octanol–water partition coefficient (Wildman–Crippen LogP) is -1.19. The summed E-state index contributed by atoms with van der Waals surface area (Å²) in [5.74, 6) is 0.296. The monoisotopic (exact) mass is 321 g/mol. The van der Waals surface area contributed by atoms with E-state index in [1.807, 2.05) is 0 Å². The molecule has 0 atom stereocenters. The molecule has 0 saturated heterocycles. The van der Waals surface area contributed by atoms with Gasteiger partial charge in [-0.25, -0.2) is 4.98 Å². The molecule has 0 unspecified atom stereocenters. The Hall–Kier alpha value is -1.80. The summed E-state index contributed by atoms with van der Waals surface area (Å²) >= 11 is 6.19. The van der Waals surface area contributed by atoms with Gasteiger partial charge in [-0.2, -0.15) is 5.21 Å². The van der Waals surface area contributed by atoms with E-state index >= 15 is 0 Å². The average Bonchev–Trinajstić information content (AvgIpc) is 3.03. The summed E-state index contributed by atoms with van der Waals surface area (Å²) in [7, 11) is 0. The second-order valence-corrected chi connectivity index (χ2v) is 4.73. The molecular formula is C13H5ClN5NaO2. The minimum atomic E-state index is -0.212. The number of nitrogens with zero attached hydrogens (tertiary/aromatic N) is 5. The number of hydrogen-bond acceptors (Lipinski definition) is 6. The summed E-state index contributed by atoms with van der Waals surface area (Å²) in [6, 6.07) is 6.53. The van der Waals surface area contributed by atoms with Gasteiger partial charge in [-0.3, -0.25) is 15.1 Å². The van der Waals surface area contributed by atoms with Gasteiger partial charge in [0, 0.05) is 12.0 Å². The average molecular weight is 322 g/mol. The van der Waals surface area contributed by atoms with Gasteiger partial charge in [0.25, 0.3) is 0 Å². The molecule has 1 aromatic carbocycles. The molecule has 22 heavy (non-hydrogen) atoms. The van der Waals surface area contributed by atoms with Crippen LogP contribution in [-0.4, -0.2) is 20.5 Å². The zero-order chi connectivity index (χ0) is 14.4. The van der Waals surface area contributed by atoms with Crippen molar-refractivity contribution in [3.8, 4) is 11.4 Å². The van der Waals surface area contributed by atoms with Gasteiger partial charge in [0.05, 0.1) is 15.8 Å². The summed E-state index contributed by atoms with van der Waals surface area (Å²) in [6.45, 7) is 0. The van der Waals surface area contributed by atoms with E-state index < -0.39 is 0 Å². The molecule has 7 nitrogen and oxygen atoms in total. The Labute approximate surface area is 150 Å². The Morgan fingerprint density at radius 2 is 2.09 bits per heavy atom. The molecule has 0 aliphatic rings. The SMILES string of the molecule is O=c1c2cccnc2oc2c(Cl)cc(-c3nnn[n-]3)cc12.[Na+]. The number of halogens is 1. The maximum absolute atomic E-state index is 12.5. The van der Waals surface area contributed by atoms with Crippen LogP contribution in [0, 0.1) is 0 Å². The Bertz CT molecular complexity index is 1030. The van der Waals surface area contributed by atoms with Gasteiger partial charge < -0.3 is 9.52 Å². The van der Waals surface area contributed by atoms with Crippen LogP contribution in [0.3, 0.4) is 0 Å². The van der Waals surface area contributed by atoms with Gasteiger partial charge in [-0.05, 0) is 29.8 Å². The molecule has 0 amide bonds. The van der Waals surface area contributed by atoms with Gasteiger partial charge in [0.1, 0.15) is 0 Å². The molecule has 0 aliphatic carbocycles. The van der Waals surface area contributed by atoms with E-state index in [9.17, 15) is 4.79 Å². The van der Waals surface area contributed by atoms with Crippen molar-refractivity contribution in [2.75, 3.05) is 0 Å². The maximum atomic E-state index is 12.5. The van der Waals surface area contributed by atoms with Crippen molar-refractivity contribution in [1.82, 2.24) is 25.6 Å². The normalized spacial score (nSPS) is 10.8. The Balaban J connectivity index is 0.00000144. The van der Waals surface area contributed by atoms with Crippen LogP contribution in [0.15, 0.2) is 39.7 Å². The van der Waals surface area contributed by atoms with Crippen LogP contribution < -0.4 is 40.1 Å². The number of rotatable bonds is 1.